The standard InChI is InChI=1S/C26H54O4/c1-12-24(9,21(5)6)20-28-23(8)19-26(11,14-3)30-17-16-29-25(10,13-2)18-22(7)27-15-4/h21-23H,12-20H2,1-11H3. The first-order valence-corrected chi connectivity index (χ1v) is 12.4. The summed E-state index contributed by atoms with van der Waals surface area (Å²) in [6.07, 6.45) is 5.24. The lowest BCUT2D eigenvalue weighted by atomic mass is 9.77. The first-order valence-electron chi connectivity index (χ1n) is 12.4. The van der Waals surface area contributed by atoms with Crippen LogP contribution < -0.4 is 0 Å². The van der Waals surface area contributed by atoms with Crippen LogP contribution in [-0.2, 0) is 18.9 Å². The summed E-state index contributed by atoms with van der Waals surface area (Å²) >= 11 is 0. The highest BCUT2D eigenvalue weighted by molar-refractivity contribution is 4.80. The van der Waals surface area contributed by atoms with E-state index in [9.17, 15) is 0 Å². The van der Waals surface area contributed by atoms with E-state index in [4.69, 9.17) is 18.9 Å². The Morgan fingerprint density at radius 3 is 1.40 bits per heavy atom. The molecule has 0 radical (unpaired) electrons. The van der Waals surface area contributed by atoms with Crippen LogP contribution >= 0.6 is 0 Å². The Bertz CT molecular complexity index is 441. The zero-order valence-corrected chi connectivity index (χ0v) is 22.2. The van der Waals surface area contributed by atoms with E-state index in [1.807, 2.05) is 6.92 Å². The van der Waals surface area contributed by atoms with Gasteiger partial charge in [-0.15, -0.1) is 0 Å². The van der Waals surface area contributed by atoms with Gasteiger partial charge in [0, 0.05) is 19.4 Å². The molecule has 30 heavy (non-hydrogen) atoms. The molecular formula is C26H54O4. The van der Waals surface area contributed by atoms with Gasteiger partial charge in [0.2, 0.25) is 0 Å². The Hall–Kier alpha value is -0.160. The minimum absolute atomic E-state index is 0.168. The van der Waals surface area contributed by atoms with Gasteiger partial charge in [-0.3, -0.25) is 0 Å². The molecule has 0 N–H and O–H groups in total. The number of rotatable bonds is 18. The molecule has 0 fully saturated rings. The molecule has 0 saturated carbocycles. The Balaban J connectivity index is 4.54. The Labute approximate surface area is 188 Å². The first kappa shape index (κ1) is 29.8. The topological polar surface area (TPSA) is 36.9 Å². The van der Waals surface area contributed by atoms with Gasteiger partial charge in [0.15, 0.2) is 0 Å². The maximum atomic E-state index is 6.31. The summed E-state index contributed by atoms with van der Waals surface area (Å²) in [5, 5.41) is 0. The van der Waals surface area contributed by atoms with Gasteiger partial charge in [0.1, 0.15) is 0 Å². The van der Waals surface area contributed by atoms with Crippen molar-refractivity contribution in [3.05, 3.63) is 0 Å². The normalized spacial score (nSPS) is 20.4. The first-order chi connectivity index (χ1) is 13.9. The van der Waals surface area contributed by atoms with E-state index in [0.717, 1.165) is 45.3 Å². The molecule has 0 rings (SSSR count). The molecular weight excluding hydrogens is 376 g/mol. The second kappa shape index (κ2) is 14.1. The fourth-order valence-electron chi connectivity index (χ4n) is 3.81. The summed E-state index contributed by atoms with van der Waals surface area (Å²) in [6.45, 7) is 27.0. The molecule has 0 spiro atoms. The largest absolute Gasteiger partial charge is 0.379 e. The number of hydrogen-bond donors (Lipinski definition) is 0. The summed E-state index contributed by atoms with van der Waals surface area (Å²) in [6, 6.07) is 0. The molecule has 0 amide bonds. The molecule has 0 heterocycles. The van der Waals surface area contributed by atoms with E-state index in [1.54, 1.807) is 0 Å². The van der Waals surface area contributed by atoms with E-state index in [2.05, 4.69) is 69.2 Å². The highest BCUT2D eigenvalue weighted by atomic mass is 16.6. The van der Waals surface area contributed by atoms with Crippen molar-refractivity contribution in [2.45, 2.75) is 132 Å². The number of hydrogen-bond acceptors (Lipinski definition) is 4. The van der Waals surface area contributed by atoms with Crippen LogP contribution in [0.3, 0.4) is 0 Å². The molecule has 0 aliphatic carbocycles. The zero-order chi connectivity index (χ0) is 23.4. The van der Waals surface area contributed by atoms with Crippen molar-refractivity contribution in [1.82, 2.24) is 0 Å². The maximum absolute atomic E-state index is 6.31. The summed E-state index contributed by atoms with van der Waals surface area (Å²) in [5.74, 6) is 0.610. The van der Waals surface area contributed by atoms with Crippen molar-refractivity contribution < 1.29 is 18.9 Å². The second-order valence-electron chi connectivity index (χ2n) is 10.3. The van der Waals surface area contributed by atoms with Crippen LogP contribution in [-0.4, -0.2) is 49.8 Å². The molecule has 0 aliphatic rings. The van der Waals surface area contributed by atoms with Crippen LogP contribution in [0.15, 0.2) is 0 Å². The third kappa shape index (κ3) is 10.9. The quantitative estimate of drug-likeness (QED) is 0.219. The second-order valence-corrected chi connectivity index (χ2v) is 10.3. The molecule has 0 aromatic carbocycles. The summed E-state index contributed by atoms with van der Waals surface area (Å²) in [4.78, 5) is 0. The Morgan fingerprint density at radius 2 is 1.07 bits per heavy atom. The van der Waals surface area contributed by atoms with Gasteiger partial charge in [-0.25, -0.2) is 0 Å². The van der Waals surface area contributed by atoms with E-state index >= 15 is 0 Å². The van der Waals surface area contributed by atoms with Crippen molar-refractivity contribution in [1.29, 1.82) is 0 Å². The molecule has 0 bridgehead atoms. The summed E-state index contributed by atoms with van der Waals surface area (Å²) in [5.41, 5.74) is -0.127. The smallest absolute Gasteiger partial charge is 0.0708 e. The molecule has 0 aromatic heterocycles. The minimum Gasteiger partial charge on any atom is -0.379 e. The lowest BCUT2D eigenvalue weighted by Crippen LogP contribution is -2.38. The zero-order valence-electron chi connectivity index (χ0n) is 22.2. The Kier molecular flexibility index (Phi) is 14.0. The van der Waals surface area contributed by atoms with Crippen LogP contribution in [0.4, 0.5) is 0 Å². The van der Waals surface area contributed by atoms with Gasteiger partial charge in [0.05, 0.1) is 43.2 Å². The van der Waals surface area contributed by atoms with Gasteiger partial charge in [-0.2, -0.15) is 0 Å². The molecule has 5 unspecified atom stereocenters. The van der Waals surface area contributed by atoms with E-state index in [-0.39, 0.29) is 28.8 Å². The molecule has 4 nitrogen and oxygen atoms in total. The molecule has 0 aromatic rings. The lowest BCUT2D eigenvalue weighted by molar-refractivity contribution is -0.127. The van der Waals surface area contributed by atoms with Gasteiger partial charge >= 0.3 is 0 Å². The maximum Gasteiger partial charge on any atom is 0.0708 e. The predicted molar refractivity (Wildman–Crippen MR) is 128 cm³/mol. The van der Waals surface area contributed by atoms with Gasteiger partial charge in [-0.1, -0.05) is 41.5 Å². The van der Waals surface area contributed by atoms with Crippen molar-refractivity contribution in [3.63, 3.8) is 0 Å². The predicted octanol–water partition coefficient (Wildman–Crippen LogP) is 7.04. The van der Waals surface area contributed by atoms with E-state index in [1.165, 1.54) is 0 Å². The van der Waals surface area contributed by atoms with Crippen LogP contribution in [0, 0.1) is 11.3 Å². The highest BCUT2D eigenvalue weighted by Gasteiger charge is 2.31. The molecule has 5 atom stereocenters. The van der Waals surface area contributed by atoms with Gasteiger partial charge in [0.25, 0.3) is 0 Å². The van der Waals surface area contributed by atoms with Crippen LogP contribution in [0.25, 0.3) is 0 Å². The van der Waals surface area contributed by atoms with Crippen LogP contribution in [0.5, 0.6) is 0 Å². The van der Waals surface area contributed by atoms with E-state index < -0.39 is 0 Å². The SMILES string of the molecule is CCOC(C)CC(C)(CC)OCCOC(C)(CC)CC(C)OCC(C)(CC)C(C)C. The monoisotopic (exact) mass is 430 g/mol. The third-order valence-electron chi connectivity index (χ3n) is 7.27. The van der Waals surface area contributed by atoms with Crippen molar-refractivity contribution in [3.8, 4) is 0 Å². The minimum atomic E-state index is -0.190. The highest BCUT2D eigenvalue weighted by Crippen LogP contribution is 2.32. The third-order valence-corrected chi connectivity index (χ3v) is 7.27. The summed E-state index contributed by atoms with van der Waals surface area (Å²) in [7, 11) is 0. The molecule has 4 heteroatoms. The lowest BCUT2D eigenvalue weighted by Gasteiger charge is -2.36. The van der Waals surface area contributed by atoms with Crippen molar-refractivity contribution in [2.75, 3.05) is 26.4 Å². The molecule has 0 saturated heterocycles. The molecule has 182 valence electrons. The Morgan fingerprint density at radius 1 is 0.633 bits per heavy atom. The fraction of sp³-hybridized carbons (Fsp3) is 1.00. The fourth-order valence-corrected chi connectivity index (χ4v) is 3.81. The van der Waals surface area contributed by atoms with E-state index in [0.29, 0.717) is 19.1 Å². The number of ether oxygens (including phenoxy) is 4. The van der Waals surface area contributed by atoms with Crippen molar-refractivity contribution >= 4 is 0 Å². The molecule has 0 aliphatic heterocycles. The van der Waals surface area contributed by atoms with Crippen LogP contribution in [0.2, 0.25) is 0 Å². The van der Waals surface area contributed by atoms with Crippen LogP contribution in [0.1, 0.15) is 108 Å². The average molecular weight is 431 g/mol. The average Bonchev–Trinajstić information content (AvgIpc) is 2.69. The summed E-state index contributed by atoms with van der Waals surface area (Å²) < 4.78 is 24.5. The van der Waals surface area contributed by atoms with Crippen molar-refractivity contribution in [2.24, 2.45) is 11.3 Å². The van der Waals surface area contributed by atoms with Gasteiger partial charge < -0.3 is 18.9 Å². The van der Waals surface area contributed by atoms with Gasteiger partial charge in [-0.05, 0) is 65.2 Å².